The Hall–Kier alpha value is -2.50. The number of fused-ring (bicyclic) bond motifs is 3. The Morgan fingerprint density at radius 3 is 2.74 bits per heavy atom. The van der Waals surface area contributed by atoms with Crippen molar-refractivity contribution in [2.75, 3.05) is 13.1 Å². The molecule has 144 valence electrons. The summed E-state index contributed by atoms with van der Waals surface area (Å²) in [6.07, 6.45) is 1.97. The van der Waals surface area contributed by atoms with E-state index in [4.69, 9.17) is 4.74 Å². The lowest BCUT2D eigenvalue weighted by Crippen LogP contribution is -2.50. The molecule has 0 bridgehead atoms. The van der Waals surface area contributed by atoms with Crippen molar-refractivity contribution < 1.29 is 14.3 Å². The summed E-state index contributed by atoms with van der Waals surface area (Å²) in [5.41, 5.74) is 2.98. The highest BCUT2D eigenvalue weighted by Gasteiger charge is 2.39. The van der Waals surface area contributed by atoms with Gasteiger partial charge in [0, 0.05) is 48.2 Å². The minimum atomic E-state index is -0.558. The van der Waals surface area contributed by atoms with Crippen molar-refractivity contribution in [1.29, 1.82) is 0 Å². The summed E-state index contributed by atoms with van der Waals surface area (Å²) in [6.45, 7) is 7.40. The first-order valence-electron chi connectivity index (χ1n) is 9.70. The number of H-pyrrole nitrogens is 1. The SMILES string of the molecule is CC(C)(C)OC(=O)N1CCC[C@H]1C(=O)N1CCc2[nH]c3ccccc3c2C1. The van der Waals surface area contributed by atoms with Gasteiger partial charge in [-0.15, -0.1) is 0 Å². The van der Waals surface area contributed by atoms with Gasteiger partial charge in [0.2, 0.25) is 5.91 Å². The van der Waals surface area contributed by atoms with Crippen LogP contribution < -0.4 is 0 Å². The van der Waals surface area contributed by atoms with Gasteiger partial charge in [0.05, 0.1) is 0 Å². The van der Waals surface area contributed by atoms with Crippen molar-refractivity contribution in [3.8, 4) is 0 Å². The van der Waals surface area contributed by atoms with E-state index in [2.05, 4.69) is 17.1 Å². The second kappa shape index (κ2) is 6.59. The molecule has 27 heavy (non-hydrogen) atoms. The number of nitrogens with one attached hydrogen (secondary N) is 1. The van der Waals surface area contributed by atoms with Crippen molar-refractivity contribution in [2.24, 2.45) is 0 Å². The van der Waals surface area contributed by atoms with Gasteiger partial charge in [-0.2, -0.15) is 0 Å². The van der Waals surface area contributed by atoms with Crippen LogP contribution in [0.1, 0.15) is 44.9 Å². The molecule has 6 heteroatoms. The summed E-state index contributed by atoms with van der Waals surface area (Å²) in [7, 11) is 0. The molecule has 1 fully saturated rings. The zero-order valence-electron chi connectivity index (χ0n) is 16.2. The van der Waals surface area contributed by atoms with Crippen molar-refractivity contribution in [1.82, 2.24) is 14.8 Å². The molecule has 1 atom stereocenters. The zero-order chi connectivity index (χ0) is 19.2. The van der Waals surface area contributed by atoms with Crippen LogP contribution in [0.4, 0.5) is 4.79 Å². The van der Waals surface area contributed by atoms with E-state index >= 15 is 0 Å². The smallest absolute Gasteiger partial charge is 0.410 e. The van der Waals surface area contributed by atoms with Crippen LogP contribution in [-0.2, 0) is 22.5 Å². The Bertz CT molecular complexity index is 880. The Kier molecular flexibility index (Phi) is 4.36. The highest BCUT2D eigenvalue weighted by atomic mass is 16.6. The minimum Gasteiger partial charge on any atom is -0.444 e. The molecular formula is C21H27N3O3. The lowest BCUT2D eigenvalue weighted by molar-refractivity contribution is -0.136. The van der Waals surface area contributed by atoms with E-state index in [0.717, 1.165) is 18.4 Å². The van der Waals surface area contributed by atoms with Gasteiger partial charge in [0.1, 0.15) is 11.6 Å². The number of benzene rings is 1. The van der Waals surface area contributed by atoms with Crippen molar-refractivity contribution in [3.05, 3.63) is 35.5 Å². The van der Waals surface area contributed by atoms with E-state index in [0.29, 0.717) is 26.1 Å². The van der Waals surface area contributed by atoms with Gasteiger partial charge in [-0.1, -0.05) is 18.2 Å². The number of likely N-dealkylation sites (tertiary alicyclic amines) is 1. The Labute approximate surface area is 159 Å². The minimum absolute atomic E-state index is 0.0364. The fourth-order valence-corrected chi connectivity index (χ4v) is 4.13. The number of carbonyl (C=O) groups is 2. The number of amides is 2. The van der Waals surface area contributed by atoms with Crippen molar-refractivity contribution >= 4 is 22.9 Å². The number of ether oxygens (including phenoxy) is 1. The highest BCUT2D eigenvalue weighted by Crippen LogP contribution is 2.29. The predicted molar refractivity (Wildman–Crippen MR) is 103 cm³/mol. The third-order valence-corrected chi connectivity index (χ3v) is 5.36. The number of carbonyl (C=O) groups excluding carboxylic acids is 2. The topological polar surface area (TPSA) is 65.6 Å². The Morgan fingerprint density at radius 1 is 1.19 bits per heavy atom. The maximum atomic E-state index is 13.2. The van der Waals surface area contributed by atoms with E-state index in [1.54, 1.807) is 4.90 Å². The van der Waals surface area contributed by atoms with Gasteiger partial charge in [-0.05, 0) is 39.7 Å². The maximum absolute atomic E-state index is 13.2. The molecule has 2 amide bonds. The summed E-state index contributed by atoms with van der Waals surface area (Å²) in [5, 5.41) is 1.18. The van der Waals surface area contributed by atoms with Crippen LogP contribution in [0.5, 0.6) is 0 Å². The number of rotatable bonds is 1. The maximum Gasteiger partial charge on any atom is 0.410 e. The molecule has 6 nitrogen and oxygen atoms in total. The van der Waals surface area contributed by atoms with Gasteiger partial charge >= 0.3 is 6.09 Å². The standard InChI is InChI=1S/C21H27N3O3/c1-21(2,3)27-20(26)24-11-6-9-18(24)19(25)23-12-10-17-15(13-23)14-7-4-5-8-16(14)22-17/h4-5,7-8,18,22H,6,9-13H2,1-3H3/t18-/m0/s1. The van der Waals surface area contributed by atoms with E-state index in [-0.39, 0.29) is 12.0 Å². The molecule has 4 rings (SSSR count). The molecule has 1 saturated heterocycles. The number of aromatic nitrogens is 1. The van der Waals surface area contributed by atoms with Gasteiger partial charge in [-0.25, -0.2) is 4.79 Å². The molecular weight excluding hydrogens is 342 g/mol. The monoisotopic (exact) mass is 369 g/mol. The van der Waals surface area contributed by atoms with Crippen LogP contribution in [0.25, 0.3) is 10.9 Å². The molecule has 2 aliphatic rings. The number of aromatic amines is 1. The Morgan fingerprint density at radius 2 is 1.96 bits per heavy atom. The van der Waals surface area contributed by atoms with E-state index < -0.39 is 11.6 Å². The third-order valence-electron chi connectivity index (χ3n) is 5.36. The molecule has 3 heterocycles. The van der Waals surface area contributed by atoms with Crippen LogP contribution in [0.15, 0.2) is 24.3 Å². The molecule has 0 unspecified atom stereocenters. The largest absolute Gasteiger partial charge is 0.444 e. The van der Waals surface area contributed by atoms with E-state index in [1.807, 2.05) is 37.8 Å². The summed E-state index contributed by atoms with van der Waals surface area (Å²) in [6, 6.07) is 7.80. The fourth-order valence-electron chi connectivity index (χ4n) is 4.13. The number of hydrogen-bond donors (Lipinski definition) is 1. The molecule has 1 N–H and O–H groups in total. The van der Waals surface area contributed by atoms with Crippen LogP contribution in [0.3, 0.4) is 0 Å². The number of para-hydroxylation sites is 1. The molecule has 0 saturated carbocycles. The van der Waals surface area contributed by atoms with Gasteiger partial charge in [-0.3, -0.25) is 9.69 Å². The molecule has 1 aromatic heterocycles. The molecule has 2 aliphatic heterocycles. The molecule has 0 radical (unpaired) electrons. The van der Waals surface area contributed by atoms with E-state index in [1.165, 1.54) is 16.6 Å². The second-order valence-electron chi connectivity index (χ2n) is 8.47. The fraction of sp³-hybridized carbons (Fsp3) is 0.524. The van der Waals surface area contributed by atoms with Gasteiger partial charge in [0.25, 0.3) is 0 Å². The molecule has 0 aliphatic carbocycles. The first kappa shape index (κ1) is 17.9. The van der Waals surface area contributed by atoms with Crippen LogP contribution >= 0.6 is 0 Å². The average molecular weight is 369 g/mol. The lowest BCUT2D eigenvalue weighted by atomic mass is 10.0. The summed E-state index contributed by atoms with van der Waals surface area (Å²) in [5.74, 6) is 0.0364. The number of hydrogen-bond acceptors (Lipinski definition) is 3. The molecule has 1 aromatic carbocycles. The summed E-state index contributed by atoms with van der Waals surface area (Å²) >= 11 is 0. The van der Waals surface area contributed by atoms with Gasteiger partial charge < -0.3 is 14.6 Å². The highest BCUT2D eigenvalue weighted by molar-refractivity contribution is 5.89. The summed E-state index contributed by atoms with van der Waals surface area (Å²) < 4.78 is 5.50. The summed E-state index contributed by atoms with van der Waals surface area (Å²) in [4.78, 5) is 32.7. The normalized spacial score (nSPS) is 20.0. The third kappa shape index (κ3) is 3.40. The average Bonchev–Trinajstić information content (AvgIpc) is 3.24. The van der Waals surface area contributed by atoms with Crippen LogP contribution in [-0.4, -0.2) is 51.5 Å². The predicted octanol–water partition coefficient (Wildman–Crippen LogP) is 3.45. The molecule has 0 spiro atoms. The first-order valence-corrected chi connectivity index (χ1v) is 9.70. The quantitative estimate of drug-likeness (QED) is 0.837. The van der Waals surface area contributed by atoms with Crippen LogP contribution in [0, 0.1) is 0 Å². The Balaban J connectivity index is 1.52. The lowest BCUT2D eigenvalue weighted by Gasteiger charge is -2.33. The number of nitrogens with zero attached hydrogens (tertiary/aromatic N) is 2. The first-order chi connectivity index (χ1) is 12.8. The zero-order valence-corrected chi connectivity index (χ0v) is 16.2. The van der Waals surface area contributed by atoms with Crippen LogP contribution in [0.2, 0.25) is 0 Å². The second-order valence-corrected chi connectivity index (χ2v) is 8.47. The molecule has 2 aromatic rings. The van der Waals surface area contributed by atoms with Crippen molar-refractivity contribution in [3.63, 3.8) is 0 Å². The van der Waals surface area contributed by atoms with E-state index in [9.17, 15) is 9.59 Å². The van der Waals surface area contributed by atoms with Crippen molar-refractivity contribution in [2.45, 2.75) is 58.2 Å². The van der Waals surface area contributed by atoms with Gasteiger partial charge in [0.15, 0.2) is 0 Å².